The first-order valence-electron chi connectivity index (χ1n) is 5.28. The highest BCUT2D eigenvalue weighted by Crippen LogP contribution is 2.16. The van der Waals surface area contributed by atoms with Crippen molar-refractivity contribution in [2.75, 3.05) is 6.61 Å². The maximum absolute atomic E-state index is 11.9. The van der Waals surface area contributed by atoms with Crippen LogP contribution >= 0.6 is 0 Å². The SMILES string of the molecule is O=Cc1ccc(CS(=O)C2CCOC2=O)cc1. The summed E-state index contributed by atoms with van der Waals surface area (Å²) in [4.78, 5) is 21.7. The van der Waals surface area contributed by atoms with Crippen LogP contribution in [0.15, 0.2) is 24.3 Å². The summed E-state index contributed by atoms with van der Waals surface area (Å²) in [5, 5.41) is -0.499. The van der Waals surface area contributed by atoms with E-state index in [0.29, 0.717) is 24.3 Å². The van der Waals surface area contributed by atoms with Crippen LogP contribution in [0.25, 0.3) is 0 Å². The molecular formula is C12H12O4S. The van der Waals surface area contributed by atoms with Gasteiger partial charge in [0, 0.05) is 28.5 Å². The van der Waals surface area contributed by atoms with Crippen molar-refractivity contribution in [2.24, 2.45) is 0 Å². The second kappa shape index (κ2) is 5.23. The van der Waals surface area contributed by atoms with Crippen LogP contribution < -0.4 is 0 Å². The smallest absolute Gasteiger partial charge is 0.321 e. The lowest BCUT2D eigenvalue weighted by molar-refractivity contribution is -0.137. The van der Waals surface area contributed by atoms with E-state index in [9.17, 15) is 13.8 Å². The van der Waals surface area contributed by atoms with Gasteiger partial charge in [-0.05, 0) is 5.56 Å². The van der Waals surface area contributed by atoms with Gasteiger partial charge in [0.1, 0.15) is 11.5 Å². The molecule has 1 aromatic carbocycles. The number of rotatable bonds is 4. The summed E-state index contributed by atoms with van der Waals surface area (Å²) >= 11 is 0. The Bertz CT molecular complexity index is 452. The summed E-state index contributed by atoms with van der Waals surface area (Å²) in [6.45, 7) is 0.360. The minimum Gasteiger partial charge on any atom is -0.465 e. The number of cyclic esters (lactones) is 1. The molecule has 1 fully saturated rings. The Hall–Kier alpha value is -1.49. The van der Waals surface area contributed by atoms with Gasteiger partial charge in [0.2, 0.25) is 0 Å². The van der Waals surface area contributed by atoms with Crippen molar-refractivity contribution in [1.82, 2.24) is 0 Å². The van der Waals surface area contributed by atoms with Gasteiger partial charge >= 0.3 is 5.97 Å². The van der Waals surface area contributed by atoms with Crippen LogP contribution in [-0.2, 0) is 26.1 Å². The second-order valence-corrected chi connectivity index (χ2v) is 5.45. The number of esters is 1. The Morgan fingerprint density at radius 2 is 2.06 bits per heavy atom. The van der Waals surface area contributed by atoms with Crippen molar-refractivity contribution in [1.29, 1.82) is 0 Å². The summed E-state index contributed by atoms with van der Waals surface area (Å²) < 4.78 is 16.7. The molecule has 2 unspecified atom stereocenters. The lowest BCUT2D eigenvalue weighted by atomic mass is 10.2. The molecule has 0 bridgehead atoms. The quantitative estimate of drug-likeness (QED) is 0.594. The molecule has 90 valence electrons. The minimum absolute atomic E-state index is 0.318. The zero-order valence-corrected chi connectivity index (χ0v) is 9.94. The maximum atomic E-state index is 11.9. The number of ether oxygens (including phenoxy) is 1. The predicted octanol–water partition coefficient (Wildman–Crippen LogP) is 1.06. The van der Waals surface area contributed by atoms with Crippen LogP contribution in [0.4, 0.5) is 0 Å². The van der Waals surface area contributed by atoms with Crippen molar-refractivity contribution >= 4 is 23.1 Å². The second-order valence-electron chi connectivity index (χ2n) is 3.83. The highest BCUT2D eigenvalue weighted by Gasteiger charge is 2.31. The molecule has 1 aliphatic rings. The van der Waals surface area contributed by atoms with Crippen LogP contribution in [0.5, 0.6) is 0 Å². The molecule has 4 nitrogen and oxygen atoms in total. The Morgan fingerprint density at radius 3 is 2.59 bits per heavy atom. The third kappa shape index (κ3) is 2.79. The molecular weight excluding hydrogens is 240 g/mol. The first kappa shape index (κ1) is 12.0. The van der Waals surface area contributed by atoms with E-state index in [1.807, 2.05) is 0 Å². The van der Waals surface area contributed by atoms with Crippen molar-refractivity contribution in [3.8, 4) is 0 Å². The van der Waals surface area contributed by atoms with Gasteiger partial charge in [-0.1, -0.05) is 24.3 Å². The van der Waals surface area contributed by atoms with E-state index < -0.39 is 16.0 Å². The molecule has 0 aromatic heterocycles. The molecule has 1 aromatic rings. The number of hydrogen-bond donors (Lipinski definition) is 0. The molecule has 1 saturated heterocycles. The largest absolute Gasteiger partial charge is 0.465 e. The van der Waals surface area contributed by atoms with Crippen molar-refractivity contribution in [3.05, 3.63) is 35.4 Å². The Morgan fingerprint density at radius 1 is 1.35 bits per heavy atom. The number of benzene rings is 1. The standard InChI is InChI=1S/C12H12O4S/c13-7-9-1-3-10(4-2-9)8-17(15)11-5-6-16-12(11)14/h1-4,7,11H,5-6,8H2. The number of carbonyl (C=O) groups is 2. The van der Waals surface area contributed by atoms with Gasteiger partial charge in [-0.3, -0.25) is 13.8 Å². The van der Waals surface area contributed by atoms with E-state index in [1.54, 1.807) is 24.3 Å². The average Bonchev–Trinajstić information content (AvgIpc) is 2.76. The highest BCUT2D eigenvalue weighted by atomic mass is 32.2. The zero-order valence-electron chi connectivity index (χ0n) is 9.13. The topological polar surface area (TPSA) is 60.4 Å². The number of hydrogen-bond acceptors (Lipinski definition) is 4. The third-order valence-electron chi connectivity index (χ3n) is 2.63. The van der Waals surface area contributed by atoms with E-state index in [0.717, 1.165) is 11.8 Å². The Labute approximate surface area is 101 Å². The first-order valence-corrected chi connectivity index (χ1v) is 6.67. The summed E-state index contributed by atoms with van der Waals surface area (Å²) in [5.74, 6) is -0.0494. The molecule has 0 aliphatic carbocycles. The van der Waals surface area contributed by atoms with Gasteiger partial charge in [-0.15, -0.1) is 0 Å². The third-order valence-corrected chi connectivity index (χ3v) is 4.31. The van der Waals surface area contributed by atoms with Crippen molar-refractivity contribution in [2.45, 2.75) is 17.4 Å². The molecule has 1 heterocycles. The minimum atomic E-state index is -1.25. The van der Waals surface area contributed by atoms with Gasteiger partial charge < -0.3 is 4.74 Å². The molecule has 17 heavy (non-hydrogen) atoms. The fourth-order valence-corrected chi connectivity index (χ4v) is 3.04. The molecule has 0 radical (unpaired) electrons. The van der Waals surface area contributed by atoms with Crippen LogP contribution in [-0.4, -0.2) is 28.3 Å². The van der Waals surface area contributed by atoms with Gasteiger partial charge in [0.05, 0.1) is 6.61 Å². The van der Waals surface area contributed by atoms with Crippen molar-refractivity contribution < 1.29 is 18.5 Å². The molecule has 0 amide bonds. The average molecular weight is 252 g/mol. The fourth-order valence-electron chi connectivity index (χ4n) is 1.67. The number of carbonyl (C=O) groups excluding carboxylic acids is 2. The van der Waals surface area contributed by atoms with Gasteiger partial charge in [0.15, 0.2) is 0 Å². The van der Waals surface area contributed by atoms with Crippen LogP contribution in [0.3, 0.4) is 0 Å². The Kier molecular flexibility index (Phi) is 3.68. The lowest BCUT2D eigenvalue weighted by Gasteiger charge is -2.06. The van der Waals surface area contributed by atoms with E-state index in [2.05, 4.69) is 0 Å². The summed E-state index contributed by atoms with van der Waals surface area (Å²) in [6.07, 6.45) is 1.28. The van der Waals surface area contributed by atoms with Gasteiger partial charge in [-0.2, -0.15) is 0 Å². The van der Waals surface area contributed by atoms with Crippen molar-refractivity contribution in [3.63, 3.8) is 0 Å². The summed E-state index contributed by atoms with van der Waals surface area (Å²) in [7, 11) is -1.25. The molecule has 0 saturated carbocycles. The Balaban J connectivity index is 2.02. The molecule has 0 N–H and O–H groups in total. The van der Waals surface area contributed by atoms with E-state index >= 15 is 0 Å². The lowest BCUT2D eigenvalue weighted by Crippen LogP contribution is -2.21. The van der Waals surface area contributed by atoms with E-state index in [-0.39, 0.29) is 5.97 Å². The van der Waals surface area contributed by atoms with E-state index in [4.69, 9.17) is 4.74 Å². The van der Waals surface area contributed by atoms with Crippen LogP contribution in [0, 0.1) is 0 Å². The normalized spacial score (nSPS) is 20.9. The molecule has 1 aliphatic heterocycles. The maximum Gasteiger partial charge on any atom is 0.321 e. The molecule has 2 rings (SSSR count). The predicted molar refractivity (Wildman–Crippen MR) is 63.0 cm³/mol. The van der Waals surface area contributed by atoms with Crippen LogP contribution in [0.2, 0.25) is 0 Å². The molecule has 5 heteroatoms. The summed E-state index contributed by atoms with van der Waals surface area (Å²) in [5.41, 5.74) is 1.44. The highest BCUT2D eigenvalue weighted by molar-refractivity contribution is 7.85. The van der Waals surface area contributed by atoms with Gasteiger partial charge in [-0.25, -0.2) is 0 Å². The first-order chi connectivity index (χ1) is 8.20. The summed E-state index contributed by atoms with van der Waals surface area (Å²) in [6, 6.07) is 6.85. The van der Waals surface area contributed by atoms with Gasteiger partial charge in [0.25, 0.3) is 0 Å². The van der Waals surface area contributed by atoms with E-state index in [1.165, 1.54) is 0 Å². The molecule has 0 spiro atoms. The molecule has 2 atom stereocenters. The van der Waals surface area contributed by atoms with Crippen LogP contribution in [0.1, 0.15) is 22.3 Å². The zero-order chi connectivity index (χ0) is 12.3. The monoisotopic (exact) mass is 252 g/mol. The fraction of sp³-hybridized carbons (Fsp3) is 0.333. The number of aldehydes is 1.